The highest BCUT2D eigenvalue weighted by atomic mass is 16.2. The molecule has 0 aromatic rings. The van der Waals surface area contributed by atoms with Gasteiger partial charge in [-0.1, -0.05) is 10.2 Å². The zero-order valence-electron chi connectivity index (χ0n) is 53.6. The van der Waals surface area contributed by atoms with Crippen molar-refractivity contribution in [1.29, 1.82) is 0 Å². The fraction of sp³-hybridized carbons (Fsp3) is 0.790. The van der Waals surface area contributed by atoms with Gasteiger partial charge in [-0.3, -0.25) is 62.3 Å². The molecule has 12 fully saturated rings. The van der Waals surface area contributed by atoms with Crippen LogP contribution in [0.15, 0.2) is 10.2 Å². The molecule has 0 aromatic carbocycles. The molecule has 13 amide bonds. The Morgan fingerprint density at radius 3 is 0.681 bits per heavy atom. The summed E-state index contributed by atoms with van der Waals surface area (Å²) in [5, 5.41) is 7.81. The molecule has 0 radical (unpaired) electrons. The number of hydrogen-bond acceptors (Lipinski definition) is 15. The highest BCUT2D eigenvalue weighted by molar-refractivity contribution is 6.01. The van der Waals surface area contributed by atoms with Crippen molar-refractivity contribution in [2.45, 2.75) is 233 Å². The fourth-order valence-electron chi connectivity index (χ4n) is 18.0. The molecule has 94 heavy (non-hydrogen) atoms. The van der Waals surface area contributed by atoms with E-state index >= 15 is 9.59 Å². The number of likely N-dealkylation sites (tertiary alicyclic amines) is 12. The molecule has 0 unspecified atom stereocenters. The monoisotopic (exact) mass is 1310 g/mol. The first-order valence-electron chi connectivity index (χ1n) is 34.3. The second-order valence-corrected chi connectivity index (χ2v) is 27.7. The van der Waals surface area contributed by atoms with Crippen molar-refractivity contribution in [3.8, 4) is 0 Å². The third-order valence-electron chi connectivity index (χ3n) is 22.5. The van der Waals surface area contributed by atoms with Crippen LogP contribution in [0.3, 0.4) is 0 Å². The van der Waals surface area contributed by atoms with Crippen LogP contribution in [-0.4, -0.2) is 299 Å². The second-order valence-electron chi connectivity index (χ2n) is 27.7. The molecular weight excluding hydrogens is 1220 g/mol. The highest BCUT2D eigenvalue weighted by Crippen LogP contribution is 2.38. The maximum atomic E-state index is 15.1. The van der Waals surface area contributed by atoms with Gasteiger partial charge in [0.25, 0.3) is 0 Å². The number of amides is 13. The van der Waals surface area contributed by atoms with Crippen LogP contribution in [0.25, 0.3) is 20.9 Å². The molecule has 32 heteroatoms. The Kier molecular flexibility index (Phi) is 19.3. The first-order chi connectivity index (χ1) is 45.3. The number of rotatable bonds is 14. The van der Waals surface area contributed by atoms with Gasteiger partial charge in [0.2, 0.25) is 76.8 Å². The van der Waals surface area contributed by atoms with Gasteiger partial charge in [0, 0.05) is 95.3 Å². The van der Waals surface area contributed by atoms with Gasteiger partial charge in [0.15, 0.2) is 0 Å². The summed E-state index contributed by atoms with van der Waals surface area (Å²) in [6.07, 6.45) is 8.62. The van der Waals surface area contributed by atoms with Crippen LogP contribution in [0.4, 0.5) is 0 Å². The van der Waals surface area contributed by atoms with Crippen molar-refractivity contribution < 1.29 is 62.3 Å². The molecule has 12 heterocycles. The Morgan fingerprint density at radius 1 is 0.287 bits per heavy atom. The SMILES string of the molecule is CC(=O)N1CCC[C@H]1C(=O)N1CCC[C@H]1C(=O)N1CCC[C@H]1C(=O)N1CCC[C@H]1C(=O)N1CCC[C@H]1C(=O)N1CCC[C@H]1C(=O)N1C[C@@H](N=[N+]=[N-])C[C@H]1C(=O)N1CCC[C@H]1C(=O)N1CCC[C@H]1C(=O)N1C[C@@H](N=[N+]=[N-])C[C@H]1C(=O)N1CCC[C@H]1C(=O)N1CCC[C@H]1C(N)=O. The van der Waals surface area contributed by atoms with E-state index in [4.69, 9.17) is 5.73 Å². The minimum Gasteiger partial charge on any atom is -0.368 e. The quantitative estimate of drug-likeness (QED) is 0.136. The number of carbonyl (C=O) groups excluding carboxylic acids is 13. The van der Waals surface area contributed by atoms with Crippen LogP contribution in [0.1, 0.15) is 148 Å². The van der Waals surface area contributed by atoms with Gasteiger partial charge in [-0.05, 0) is 152 Å². The Hall–Kier alpha value is -8.27. The molecule has 0 saturated carbocycles. The number of azide groups is 2. The largest absolute Gasteiger partial charge is 0.368 e. The molecule has 12 aliphatic rings. The van der Waals surface area contributed by atoms with Crippen LogP contribution in [0, 0.1) is 0 Å². The van der Waals surface area contributed by atoms with Crippen LogP contribution >= 0.6 is 0 Å². The maximum Gasteiger partial charge on any atom is 0.246 e. The summed E-state index contributed by atoms with van der Waals surface area (Å²) in [4.78, 5) is 210. The number of nitrogens with two attached hydrogens (primary N) is 1. The van der Waals surface area contributed by atoms with Gasteiger partial charge < -0.3 is 64.5 Å². The van der Waals surface area contributed by atoms with Crippen molar-refractivity contribution in [1.82, 2.24) is 58.8 Å². The van der Waals surface area contributed by atoms with E-state index in [-0.39, 0.29) is 108 Å². The Bertz CT molecular complexity index is 3210. The molecule has 0 aliphatic carbocycles. The summed E-state index contributed by atoms with van der Waals surface area (Å²) < 4.78 is 0. The Balaban J connectivity index is 0.695. The van der Waals surface area contributed by atoms with E-state index in [2.05, 4.69) is 20.1 Å². The molecule has 0 spiro atoms. The zero-order valence-corrected chi connectivity index (χ0v) is 53.6. The number of hydrogen-bond donors (Lipinski definition) is 1. The van der Waals surface area contributed by atoms with E-state index < -0.39 is 138 Å². The lowest BCUT2D eigenvalue weighted by Gasteiger charge is -2.38. The highest BCUT2D eigenvalue weighted by Gasteiger charge is 2.55. The molecule has 2 N–H and O–H groups in total. The van der Waals surface area contributed by atoms with Crippen LogP contribution < -0.4 is 5.73 Å². The Labute approximate surface area is 544 Å². The molecule has 12 aliphatic heterocycles. The van der Waals surface area contributed by atoms with Crippen molar-refractivity contribution >= 4 is 76.8 Å². The van der Waals surface area contributed by atoms with Gasteiger partial charge in [-0.2, -0.15) is 0 Å². The lowest BCUT2D eigenvalue weighted by molar-refractivity contribution is -0.156. The van der Waals surface area contributed by atoms with Gasteiger partial charge in [0.05, 0.1) is 12.1 Å². The number of primary amides is 1. The third kappa shape index (κ3) is 12.1. The average Bonchev–Trinajstić information content (AvgIpc) is 1.61. The number of carbonyl (C=O) groups is 13. The van der Waals surface area contributed by atoms with Crippen molar-refractivity contribution in [2.75, 3.05) is 78.5 Å². The van der Waals surface area contributed by atoms with Crippen LogP contribution in [0.2, 0.25) is 0 Å². The van der Waals surface area contributed by atoms with E-state index in [9.17, 15) is 63.8 Å². The minimum atomic E-state index is -1.19. The summed E-state index contributed by atoms with van der Waals surface area (Å²) in [5.74, 6) is -5.62. The normalized spacial score (nSPS) is 32.5. The molecule has 508 valence electrons. The lowest BCUT2D eigenvalue weighted by Crippen LogP contribution is -2.59. The van der Waals surface area contributed by atoms with Gasteiger partial charge in [-0.15, -0.1) is 0 Å². The van der Waals surface area contributed by atoms with Gasteiger partial charge >= 0.3 is 0 Å². The second kappa shape index (κ2) is 27.6. The first-order valence-corrected chi connectivity index (χ1v) is 34.3. The zero-order chi connectivity index (χ0) is 66.4. The molecule has 32 nitrogen and oxygen atoms in total. The predicted octanol–water partition coefficient (Wildman–Crippen LogP) is -0.0388. The van der Waals surface area contributed by atoms with Crippen LogP contribution in [-0.2, 0) is 62.3 Å². The molecule has 12 rings (SSSR count). The summed E-state index contributed by atoms with van der Waals surface area (Å²) in [5.41, 5.74) is 24.7. The van der Waals surface area contributed by atoms with E-state index in [0.29, 0.717) is 135 Å². The van der Waals surface area contributed by atoms with Gasteiger partial charge in [-0.25, -0.2) is 0 Å². The summed E-state index contributed by atoms with van der Waals surface area (Å²) in [6, 6.07) is -12.8. The molecule has 0 aromatic heterocycles. The Morgan fingerprint density at radius 2 is 0.468 bits per heavy atom. The van der Waals surface area contributed by atoms with Gasteiger partial charge in [0.1, 0.15) is 72.5 Å². The van der Waals surface area contributed by atoms with Crippen molar-refractivity contribution in [2.24, 2.45) is 16.0 Å². The van der Waals surface area contributed by atoms with Crippen molar-refractivity contribution in [3.63, 3.8) is 0 Å². The standard InChI is InChI=1S/C62H87N19O13/c1-36(82)70-22-3-13-40(70)52(84)72-24-4-15-42(72)54(86)73-25-5-16-43(73)55(87)74-26-6-17-44(74)56(88)75-27-7-18-45(75)57(89)76-28-10-20-47(76)59(91)81-35-38(67-69-65)33-50(81)62(94)79-31-9-19-46(79)58(90)77-29-11-21-48(77)60(92)80-34-37(66-68-64)32-49(80)61(93)78-30-8-14-41(78)53(85)71-23-2-12-39(71)51(63)83/h37-50H,2-35H2,1H3,(H2,63,83)/t37-,38-,39-,40-,41-,42-,43-,44-,45-,46-,47-,48-,49-,50-/m0/s1. The smallest absolute Gasteiger partial charge is 0.246 e. The number of nitrogens with zero attached hydrogens (tertiary/aromatic N) is 18. The first kappa shape index (κ1) is 65.8. The summed E-state index contributed by atoms with van der Waals surface area (Å²) in [6.45, 7) is 3.89. The van der Waals surface area contributed by atoms with E-state index in [1.807, 2.05) is 0 Å². The van der Waals surface area contributed by atoms with Crippen molar-refractivity contribution in [3.05, 3.63) is 20.9 Å². The minimum absolute atomic E-state index is 0.0160. The summed E-state index contributed by atoms with van der Waals surface area (Å²) >= 11 is 0. The fourth-order valence-corrected chi connectivity index (χ4v) is 18.0. The predicted molar refractivity (Wildman–Crippen MR) is 328 cm³/mol. The average molecular weight is 1310 g/mol. The lowest BCUT2D eigenvalue weighted by atomic mass is 10.1. The topological polar surface area (TPSA) is 384 Å². The molecule has 0 bridgehead atoms. The van der Waals surface area contributed by atoms with E-state index in [0.717, 1.165) is 0 Å². The molecular formula is C62H87N19O13. The molecule has 12 saturated heterocycles. The van der Waals surface area contributed by atoms with E-state index in [1.54, 1.807) is 19.6 Å². The molecule has 14 atom stereocenters. The third-order valence-corrected chi connectivity index (χ3v) is 22.5. The van der Waals surface area contributed by atoms with E-state index in [1.165, 1.54) is 46.1 Å². The van der Waals surface area contributed by atoms with Crippen LogP contribution in [0.5, 0.6) is 0 Å². The summed E-state index contributed by atoms with van der Waals surface area (Å²) in [7, 11) is 0. The maximum absolute atomic E-state index is 15.1.